The molecule has 5 heteroatoms. The normalized spacial score (nSPS) is 18.7. The van der Waals surface area contributed by atoms with E-state index in [1.165, 1.54) is 13.0 Å². The summed E-state index contributed by atoms with van der Waals surface area (Å²) in [4.78, 5) is 0. The van der Waals surface area contributed by atoms with Gasteiger partial charge >= 0.3 is 0 Å². The topological polar surface area (TPSA) is 18.5 Å². The van der Waals surface area contributed by atoms with E-state index in [0.29, 0.717) is 41.4 Å². The van der Waals surface area contributed by atoms with Gasteiger partial charge in [-0.1, -0.05) is 60.7 Å². The minimum atomic E-state index is -0.880. The lowest BCUT2D eigenvalue weighted by molar-refractivity contribution is -0.205. The Morgan fingerprint density at radius 3 is 2.12 bits per heavy atom. The van der Waals surface area contributed by atoms with Crippen LogP contribution in [0.5, 0.6) is 0 Å². The van der Waals surface area contributed by atoms with Gasteiger partial charge in [-0.05, 0) is 49.4 Å². The number of allylic oxidation sites excluding steroid dienone is 2. The maximum absolute atomic E-state index is 14.9. The molecule has 33 heavy (non-hydrogen) atoms. The lowest BCUT2D eigenvalue weighted by atomic mass is 9.98. The molecule has 4 rings (SSSR count). The highest BCUT2D eigenvalue weighted by molar-refractivity contribution is 5.71. The summed E-state index contributed by atoms with van der Waals surface area (Å²) in [6.45, 7) is 4.69. The molecule has 0 radical (unpaired) electrons. The Hall–Kier alpha value is -2.89. The Labute approximate surface area is 192 Å². The second-order valence-corrected chi connectivity index (χ2v) is 8.39. The first-order valence-corrected chi connectivity index (χ1v) is 11.2. The summed E-state index contributed by atoms with van der Waals surface area (Å²) in [6, 6.07) is 14.7. The van der Waals surface area contributed by atoms with Crippen LogP contribution in [0, 0.1) is 30.3 Å². The Morgan fingerprint density at radius 1 is 0.848 bits per heavy atom. The summed E-state index contributed by atoms with van der Waals surface area (Å²) in [5.41, 5.74) is 2.66. The Morgan fingerprint density at radius 2 is 1.48 bits per heavy atom. The zero-order chi connectivity index (χ0) is 23.4. The van der Waals surface area contributed by atoms with Crippen molar-refractivity contribution in [1.82, 2.24) is 0 Å². The predicted octanol–water partition coefficient (Wildman–Crippen LogP) is 7.76. The third-order valence-electron chi connectivity index (χ3n) is 5.99. The zero-order valence-corrected chi connectivity index (χ0v) is 18.8. The van der Waals surface area contributed by atoms with Gasteiger partial charge in [-0.15, -0.1) is 0 Å². The van der Waals surface area contributed by atoms with Crippen molar-refractivity contribution in [2.24, 2.45) is 5.92 Å². The van der Waals surface area contributed by atoms with Crippen LogP contribution >= 0.6 is 0 Å². The van der Waals surface area contributed by atoms with Crippen LogP contribution in [0.2, 0.25) is 0 Å². The lowest BCUT2D eigenvalue weighted by Crippen LogP contribution is -2.27. The highest BCUT2D eigenvalue weighted by Crippen LogP contribution is 2.32. The molecule has 1 fully saturated rings. The van der Waals surface area contributed by atoms with E-state index in [1.54, 1.807) is 48.5 Å². The van der Waals surface area contributed by atoms with Crippen molar-refractivity contribution in [2.45, 2.75) is 33.0 Å². The molecule has 0 saturated carbocycles. The predicted molar refractivity (Wildman–Crippen MR) is 124 cm³/mol. The molecule has 0 amide bonds. The van der Waals surface area contributed by atoms with Gasteiger partial charge in [-0.3, -0.25) is 0 Å². The summed E-state index contributed by atoms with van der Waals surface area (Å²) < 4.78 is 54.8. The second kappa shape index (κ2) is 10.4. The Bertz CT molecular complexity index is 1130. The van der Waals surface area contributed by atoms with Gasteiger partial charge < -0.3 is 9.47 Å². The maximum Gasteiger partial charge on any atom is 0.183 e. The van der Waals surface area contributed by atoms with Gasteiger partial charge in [0.1, 0.15) is 5.82 Å². The van der Waals surface area contributed by atoms with E-state index in [4.69, 9.17) is 9.47 Å². The van der Waals surface area contributed by atoms with Crippen molar-refractivity contribution in [3.05, 3.63) is 95.3 Å². The number of hydrogen-bond donors (Lipinski definition) is 0. The molecule has 0 unspecified atom stereocenters. The lowest BCUT2D eigenvalue weighted by Gasteiger charge is -2.29. The van der Waals surface area contributed by atoms with Gasteiger partial charge in [-0.25, -0.2) is 13.2 Å². The SMILES string of the molecule is CC=CCCC1COC(c2ccc(-c3ccc(-c4ccc(C)c(F)c4F)cc3)c(F)c2)OC1. The molecule has 0 atom stereocenters. The van der Waals surface area contributed by atoms with Crippen LogP contribution in [0.25, 0.3) is 22.3 Å². The van der Waals surface area contributed by atoms with E-state index >= 15 is 0 Å². The average molecular weight is 453 g/mol. The van der Waals surface area contributed by atoms with Crippen LogP contribution in [0.1, 0.15) is 37.2 Å². The first-order chi connectivity index (χ1) is 16.0. The van der Waals surface area contributed by atoms with Gasteiger partial charge in [0.2, 0.25) is 0 Å². The number of rotatable bonds is 6. The van der Waals surface area contributed by atoms with Crippen LogP contribution in [0.4, 0.5) is 13.2 Å². The highest BCUT2D eigenvalue weighted by atomic mass is 19.2. The fourth-order valence-electron chi connectivity index (χ4n) is 4.01. The molecule has 3 aromatic carbocycles. The fraction of sp³-hybridized carbons (Fsp3) is 0.286. The largest absolute Gasteiger partial charge is 0.348 e. The molecule has 1 aliphatic rings. The zero-order valence-electron chi connectivity index (χ0n) is 18.8. The van der Waals surface area contributed by atoms with Gasteiger partial charge in [0, 0.05) is 22.6 Å². The van der Waals surface area contributed by atoms with Crippen molar-refractivity contribution >= 4 is 0 Å². The standard InChI is InChI=1S/C28H27F3O2/c1-3-4-5-6-19-16-32-28(33-17-19)22-12-14-23(25(29)15-22)20-8-10-21(11-9-20)24-13-7-18(2)26(30)27(24)31/h3-4,7-15,19,28H,5-6,16-17H2,1-2H3. The van der Waals surface area contributed by atoms with E-state index in [1.807, 2.05) is 13.0 Å². The van der Waals surface area contributed by atoms with Gasteiger partial charge in [-0.2, -0.15) is 0 Å². The molecule has 1 aliphatic heterocycles. The van der Waals surface area contributed by atoms with E-state index in [9.17, 15) is 13.2 Å². The summed E-state index contributed by atoms with van der Waals surface area (Å²) in [6.07, 6.45) is 5.58. The van der Waals surface area contributed by atoms with Crippen molar-refractivity contribution < 1.29 is 22.6 Å². The maximum atomic E-state index is 14.9. The third-order valence-corrected chi connectivity index (χ3v) is 5.99. The molecule has 0 bridgehead atoms. The summed E-state index contributed by atoms with van der Waals surface area (Å²) in [5, 5.41) is 0. The minimum absolute atomic E-state index is 0.177. The summed E-state index contributed by atoms with van der Waals surface area (Å²) >= 11 is 0. The average Bonchev–Trinajstić information content (AvgIpc) is 2.83. The fourth-order valence-corrected chi connectivity index (χ4v) is 4.01. The molecule has 1 saturated heterocycles. The van der Waals surface area contributed by atoms with Crippen LogP contribution < -0.4 is 0 Å². The summed E-state index contributed by atoms with van der Waals surface area (Å²) in [5.74, 6) is -1.79. The van der Waals surface area contributed by atoms with E-state index in [0.717, 1.165) is 12.8 Å². The van der Waals surface area contributed by atoms with E-state index in [2.05, 4.69) is 6.08 Å². The molecule has 2 nitrogen and oxygen atoms in total. The van der Waals surface area contributed by atoms with E-state index < -0.39 is 23.7 Å². The molecule has 0 N–H and O–H groups in total. The molecule has 0 spiro atoms. The molecule has 172 valence electrons. The molecule has 0 aliphatic carbocycles. The quantitative estimate of drug-likeness (QED) is 0.356. The molecule has 3 aromatic rings. The highest BCUT2D eigenvalue weighted by Gasteiger charge is 2.24. The number of aryl methyl sites for hydroxylation is 1. The number of hydrogen-bond acceptors (Lipinski definition) is 2. The molecular weight excluding hydrogens is 425 g/mol. The smallest absolute Gasteiger partial charge is 0.183 e. The monoisotopic (exact) mass is 452 g/mol. The molecular formula is C28H27F3O2. The van der Waals surface area contributed by atoms with Crippen LogP contribution in [-0.4, -0.2) is 13.2 Å². The third kappa shape index (κ3) is 5.21. The van der Waals surface area contributed by atoms with Crippen LogP contribution in [0.3, 0.4) is 0 Å². The molecule has 0 aromatic heterocycles. The van der Waals surface area contributed by atoms with Crippen LogP contribution in [-0.2, 0) is 9.47 Å². The Kier molecular flexibility index (Phi) is 7.31. The van der Waals surface area contributed by atoms with Crippen molar-refractivity contribution in [2.75, 3.05) is 13.2 Å². The van der Waals surface area contributed by atoms with E-state index in [-0.39, 0.29) is 11.1 Å². The van der Waals surface area contributed by atoms with Gasteiger partial charge in [0.05, 0.1) is 13.2 Å². The summed E-state index contributed by atoms with van der Waals surface area (Å²) in [7, 11) is 0. The first-order valence-electron chi connectivity index (χ1n) is 11.2. The Balaban J connectivity index is 1.46. The van der Waals surface area contributed by atoms with Crippen molar-refractivity contribution in [3.63, 3.8) is 0 Å². The second-order valence-electron chi connectivity index (χ2n) is 8.39. The molecule has 1 heterocycles. The van der Waals surface area contributed by atoms with Gasteiger partial charge in [0.25, 0.3) is 0 Å². The van der Waals surface area contributed by atoms with Crippen molar-refractivity contribution in [1.29, 1.82) is 0 Å². The minimum Gasteiger partial charge on any atom is -0.348 e. The first kappa shape index (κ1) is 23.3. The van der Waals surface area contributed by atoms with Crippen molar-refractivity contribution in [3.8, 4) is 22.3 Å². The van der Waals surface area contributed by atoms with Gasteiger partial charge in [0.15, 0.2) is 17.9 Å². The number of benzene rings is 3. The number of halogens is 3. The number of ether oxygens (including phenoxy) is 2. The van der Waals surface area contributed by atoms with Crippen LogP contribution in [0.15, 0.2) is 66.7 Å².